The molecule has 134 valence electrons. The highest BCUT2D eigenvalue weighted by Crippen LogP contribution is 2.13. The second-order valence-corrected chi connectivity index (χ2v) is 6.20. The molecule has 0 fully saturated rings. The summed E-state index contributed by atoms with van der Waals surface area (Å²) >= 11 is 0. The first-order valence-corrected chi connectivity index (χ1v) is 9.38. The molecule has 0 rings (SSSR count). The van der Waals surface area contributed by atoms with Gasteiger partial charge in [-0.2, -0.15) is 0 Å². The molecule has 0 aliphatic rings. The summed E-state index contributed by atoms with van der Waals surface area (Å²) in [5.74, 6) is -0.644. The van der Waals surface area contributed by atoms with Gasteiger partial charge in [-0.1, -0.05) is 84.0 Å². The molecule has 4 nitrogen and oxygen atoms in total. The van der Waals surface area contributed by atoms with Crippen LogP contribution in [0.25, 0.3) is 0 Å². The van der Waals surface area contributed by atoms with Gasteiger partial charge in [-0.05, 0) is 24.1 Å². The maximum atomic E-state index is 11.1. The molecule has 0 bridgehead atoms. The number of carbonyl (C=O) groups is 1. The van der Waals surface area contributed by atoms with E-state index in [0.29, 0.717) is 6.42 Å². The molecule has 0 amide bonds. The monoisotopic (exact) mass is 325 g/mol. The molecular weight excluding hydrogens is 290 g/mol. The van der Waals surface area contributed by atoms with Crippen LogP contribution in [0.5, 0.6) is 0 Å². The first kappa shape index (κ1) is 21.8. The fourth-order valence-corrected chi connectivity index (χ4v) is 2.66. The Morgan fingerprint density at radius 3 is 1.65 bits per heavy atom. The normalized spacial score (nSPS) is 11.5. The molecule has 23 heavy (non-hydrogen) atoms. The van der Waals surface area contributed by atoms with Gasteiger partial charge in [0.15, 0.2) is 5.70 Å². The van der Waals surface area contributed by atoms with Gasteiger partial charge in [0, 0.05) is 0 Å². The van der Waals surface area contributed by atoms with Crippen LogP contribution in [-0.4, -0.2) is 13.1 Å². The summed E-state index contributed by atoms with van der Waals surface area (Å²) in [6.45, 7) is 2.26. The zero-order chi connectivity index (χ0) is 17.2. The van der Waals surface area contributed by atoms with Crippen molar-refractivity contribution in [3.05, 3.63) is 16.7 Å². The van der Waals surface area contributed by atoms with Crippen LogP contribution in [0, 0.1) is 4.91 Å². The molecular formula is C19H35NO3. The van der Waals surface area contributed by atoms with Crippen molar-refractivity contribution in [1.82, 2.24) is 0 Å². The van der Waals surface area contributed by atoms with Crippen molar-refractivity contribution in [1.29, 1.82) is 0 Å². The van der Waals surface area contributed by atoms with Crippen LogP contribution in [0.15, 0.2) is 16.9 Å². The maximum absolute atomic E-state index is 11.1. The fourth-order valence-electron chi connectivity index (χ4n) is 2.66. The number of methoxy groups -OCH3 is 1. The summed E-state index contributed by atoms with van der Waals surface area (Å²) in [5.41, 5.74) is -0.105. The zero-order valence-electron chi connectivity index (χ0n) is 15.1. The molecule has 0 atom stereocenters. The van der Waals surface area contributed by atoms with Crippen molar-refractivity contribution in [2.24, 2.45) is 5.18 Å². The van der Waals surface area contributed by atoms with Gasteiger partial charge in [-0.15, -0.1) is 4.91 Å². The van der Waals surface area contributed by atoms with Gasteiger partial charge in [-0.3, -0.25) is 0 Å². The van der Waals surface area contributed by atoms with Crippen molar-refractivity contribution in [3.8, 4) is 0 Å². The quantitative estimate of drug-likeness (QED) is 0.145. The number of allylic oxidation sites excluding steroid dienone is 1. The molecule has 0 aromatic rings. The number of nitrogens with zero attached hydrogens (tertiary/aromatic N) is 1. The lowest BCUT2D eigenvalue weighted by Gasteiger charge is -2.02. The van der Waals surface area contributed by atoms with Crippen molar-refractivity contribution in [2.75, 3.05) is 7.11 Å². The minimum atomic E-state index is -0.644. The minimum absolute atomic E-state index is 0.105. The van der Waals surface area contributed by atoms with E-state index in [0.717, 1.165) is 12.8 Å². The van der Waals surface area contributed by atoms with Crippen molar-refractivity contribution < 1.29 is 9.53 Å². The van der Waals surface area contributed by atoms with E-state index in [2.05, 4.69) is 16.8 Å². The van der Waals surface area contributed by atoms with Gasteiger partial charge in [0.05, 0.1) is 7.11 Å². The summed E-state index contributed by atoms with van der Waals surface area (Å²) < 4.78 is 4.47. The van der Waals surface area contributed by atoms with Crippen molar-refractivity contribution >= 4 is 5.97 Å². The third kappa shape index (κ3) is 14.2. The SMILES string of the molecule is CCCCCCCCCCCCCCCC=C(N=O)C(=O)OC. The van der Waals surface area contributed by atoms with Crippen LogP contribution in [0.2, 0.25) is 0 Å². The van der Waals surface area contributed by atoms with E-state index in [9.17, 15) is 9.70 Å². The molecule has 0 radical (unpaired) electrons. The van der Waals surface area contributed by atoms with Gasteiger partial charge < -0.3 is 4.74 Å². The van der Waals surface area contributed by atoms with Crippen LogP contribution < -0.4 is 0 Å². The highest BCUT2D eigenvalue weighted by atomic mass is 16.5. The van der Waals surface area contributed by atoms with E-state index in [1.807, 2.05) is 0 Å². The molecule has 0 saturated carbocycles. The highest BCUT2D eigenvalue weighted by molar-refractivity contribution is 5.87. The van der Waals surface area contributed by atoms with Crippen LogP contribution in [0.3, 0.4) is 0 Å². The van der Waals surface area contributed by atoms with Crippen molar-refractivity contribution in [2.45, 2.75) is 96.8 Å². The Morgan fingerprint density at radius 1 is 0.826 bits per heavy atom. The van der Waals surface area contributed by atoms with E-state index in [4.69, 9.17) is 0 Å². The van der Waals surface area contributed by atoms with E-state index in [1.165, 1.54) is 77.7 Å². The number of unbranched alkanes of at least 4 members (excludes halogenated alkanes) is 13. The van der Waals surface area contributed by atoms with E-state index < -0.39 is 5.97 Å². The first-order chi connectivity index (χ1) is 11.3. The van der Waals surface area contributed by atoms with Gasteiger partial charge in [-0.25, -0.2) is 4.79 Å². The fraction of sp³-hybridized carbons (Fsp3) is 0.842. The number of carbonyl (C=O) groups excluding carboxylic acids is 1. The maximum Gasteiger partial charge on any atom is 0.359 e. The predicted molar refractivity (Wildman–Crippen MR) is 96.2 cm³/mol. The second-order valence-electron chi connectivity index (χ2n) is 6.20. The molecule has 0 aromatic heterocycles. The number of ether oxygens (including phenoxy) is 1. The predicted octanol–water partition coefficient (Wildman–Crippen LogP) is 6.29. The molecule has 0 aliphatic heterocycles. The molecule has 0 unspecified atom stereocenters. The standard InChI is InChI=1S/C19H35NO3/c1-3-4-5-6-7-8-9-10-11-12-13-14-15-16-17-18(20-22)19(21)23-2/h17H,3-16H2,1-2H3. The Morgan fingerprint density at radius 2 is 1.26 bits per heavy atom. The third-order valence-corrected chi connectivity index (χ3v) is 4.14. The van der Waals surface area contributed by atoms with Crippen LogP contribution >= 0.6 is 0 Å². The van der Waals surface area contributed by atoms with Gasteiger partial charge in [0.2, 0.25) is 0 Å². The lowest BCUT2D eigenvalue weighted by molar-refractivity contribution is -0.136. The molecule has 0 saturated heterocycles. The van der Waals surface area contributed by atoms with E-state index in [-0.39, 0.29) is 5.70 Å². The smallest absolute Gasteiger partial charge is 0.359 e. The Labute approximate surface area is 142 Å². The van der Waals surface area contributed by atoms with Gasteiger partial charge in [0.1, 0.15) is 0 Å². The number of nitroso groups, excluding NO2 is 1. The van der Waals surface area contributed by atoms with Gasteiger partial charge in [0.25, 0.3) is 0 Å². The third-order valence-electron chi connectivity index (χ3n) is 4.14. The number of esters is 1. The summed E-state index contributed by atoms with van der Waals surface area (Å²) in [6.07, 6.45) is 19.3. The summed E-state index contributed by atoms with van der Waals surface area (Å²) in [6, 6.07) is 0. The Bertz CT molecular complexity index is 327. The number of hydrogen-bond acceptors (Lipinski definition) is 4. The van der Waals surface area contributed by atoms with Crippen LogP contribution in [-0.2, 0) is 9.53 Å². The molecule has 4 heteroatoms. The topological polar surface area (TPSA) is 55.7 Å². The largest absolute Gasteiger partial charge is 0.464 e. The Hall–Kier alpha value is -1.19. The Balaban J connectivity index is 3.32. The summed E-state index contributed by atoms with van der Waals surface area (Å²) in [5, 5.41) is 2.69. The number of rotatable bonds is 16. The minimum Gasteiger partial charge on any atom is -0.464 e. The first-order valence-electron chi connectivity index (χ1n) is 9.38. The zero-order valence-corrected chi connectivity index (χ0v) is 15.1. The average molecular weight is 325 g/mol. The summed E-state index contributed by atoms with van der Waals surface area (Å²) in [7, 11) is 1.26. The van der Waals surface area contributed by atoms with Crippen LogP contribution in [0.4, 0.5) is 0 Å². The number of hydrogen-bond donors (Lipinski definition) is 0. The molecule has 0 heterocycles. The molecule has 0 aromatic carbocycles. The lowest BCUT2D eigenvalue weighted by Crippen LogP contribution is -2.02. The second kappa shape index (κ2) is 17.2. The molecule has 0 N–H and O–H groups in total. The van der Waals surface area contributed by atoms with Gasteiger partial charge >= 0.3 is 5.97 Å². The van der Waals surface area contributed by atoms with Crippen molar-refractivity contribution in [3.63, 3.8) is 0 Å². The summed E-state index contributed by atoms with van der Waals surface area (Å²) in [4.78, 5) is 21.6. The highest BCUT2D eigenvalue weighted by Gasteiger charge is 2.08. The average Bonchev–Trinajstić information content (AvgIpc) is 2.58. The van der Waals surface area contributed by atoms with Crippen LogP contribution in [0.1, 0.15) is 96.8 Å². The van der Waals surface area contributed by atoms with E-state index >= 15 is 0 Å². The molecule has 0 spiro atoms. The molecule has 0 aliphatic carbocycles. The lowest BCUT2D eigenvalue weighted by atomic mass is 10.0. The Kier molecular flexibility index (Phi) is 16.3. The van der Waals surface area contributed by atoms with E-state index in [1.54, 1.807) is 6.08 Å².